The third-order valence-corrected chi connectivity index (χ3v) is 7.79. The summed E-state index contributed by atoms with van der Waals surface area (Å²) in [5.41, 5.74) is 0. The summed E-state index contributed by atoms with van der Waals surface area (Å²) in [5, 5.41) is 0. The minimum Gasteiger partial charge on any atom is -0.107 e. The van der Waals surface area contributed by atoms with E-state index in [9.17, 15) is 0 Å². The Morgan fingerprint density at radius 3 is 1.56 bits per heavy atom. The maximum Gasteiger partial charge on any atom is -0.0326 e. The van der Waals surface area contributed by atoms with E-state index < -0.39 is 0 Å². The van der Waals surface area contributed by atoms with E-state index in [1.807, 2.05) is 0 Å². The van der Waals surface area contributed by atoms with Gasteiger partial charge in [0.1, 0.15) is 0 Å². The lowest BCUT2D eigenvalue weighted by Crippen LogP contribution is -2.07. The molecule has 1 rings (SSSR count). The summed E-state index contributed by atoms with van der Waals surface area (Å²) in [7, 11) is 0.389. The van der Waals surface area contributed by atoms with E-state index in [2.05, 4.69) is 20.8 Å². The highest BCUT2D eigenvalue weighted by Crippen LogP contribution is 2.39. The van der Waals surface area contributed by atoms with Crippen molar-refractivity contribution in [1.82, 2.24) is 0 Å². The van der Waals surface area contributed by atoms with Gasteiger partial charge in [0.2, 0.25) is 0 Å². The smallest absolute Gasteiger partial charge is 0.0326 e. The number of rotatable bonds is 3. The standard InChI is InChI=1S/C17H35P/c1-4-16-10-7-11-17(5-2)13-9-15-18(6-3)14-8-12-16/h16-17H,4-15H2,1-3H3. The average Bonchev–Trinajstić information content (AvgIpc) is 2.39. The van der Waals surface area contributed by atoms with Crippen LogP contribution in [0.2, 0.25) is 0 Å². The largest absolute Gasteiger partial charge is 0.107 e. The maximum absolute atomic E-state index is 2.42. The van der Waals surface area contributed by atoms with Gasteiger partial charge in [-0.05, 0) is 43.2 Å². The second kappa shape index (κ2) is 10.2. The predicted octanol–water partition coefficient (Wildman–Crippen LogP) is 6.28. The van der Waals surface area contributed by atoms with E-state index in [1.165, 1.54) is 63.9 Å². The highest BCUT2D eigenvalue weighted by atomic mass is 31.1. The van der Waals surface area contributed by atoms with Crippen LogP contribution in [0.4, 0.5) is 0 Å². The second-order valence-corrected chi connectivity index (χ2v) is 9.07. The van der Waals surface area contributed by atoms with E-state index in [4.69, 9.17) is 0 Å². The summed E-state index contributed by atoms with van der Waals surface area (Å²) in [4.78, 5) is 0. The van der Waals surface area contributed by atoms with Crippen molar-refractivity contribution in [2.24, 2.45) is 11.8 Å². The van der Waals surface area contributed by atoms with Gasteiger partial charge in [-0.2, -0.15) is 0 Å². The zero-order chi connectivity index (χ0) is 13.2. The molecule has 108 valence electrons. The summed E-state index contributed by atoms with van der Waals surface area (Å²) >= 11 is 0. The van der Waals surface area contributed by atoms with Gasteiger partial charge in [0.25, 0.3) is 0 Å². The quantitative estimate of drug-likeness (QED) is 0.529. The highest BCUT2D eigenvalue weighted by Gasteiger charge is 2.14. The Bertz CT molecular complexity index is 145. The minimum absolute atomic E-state index is 0.389. The van der Waals surface area contributed by atoms with E-state index in [0.29, 0.717) is 7.92 Å². The van der Waals surface area contributed by atoms with Crippen LogP contribution in [0.1, 0.15) is 78.6 Å². The third kappa shape index (κ3) is 6.55. The normalized spacial score (nSPS) is 32.5. The topological polar surface area (TPSA) is 0 Å². The molecule has 0 aromatic rings. The van der Waals surface area contributed by atoms with Crippen LogP contribution < -0.4 is 0 Å². The predicted molar refractivity (Wildman–Crippen MR) is 87.1 cm³/mol. The molecule has 0 nitrogen and oxygen atoms in total. The SMILES string of the molecule is CCC1CCCC(CC)CCCP(CC)CCC1. The summed E-state index contributed by atoms with van der Waals surface area (Å²) in [6.45, 7) is 7.22. The van der Waals surface area contributed by atoms with Gasteiger partial charge in [-0.15, -0.1) is 7.92 Å². The molecule has 1 heterocycles. The Morgan fingerprint density at radius 1 is 0.722 bits per heavy atom. The molecule has 0 aromatic heterocycles. The van der Waals surface area contributed by atoms with Gasteiger partial charge in [0.15, 0.2) is 0 Å². The fourth-order valence-electron chi connectivity index (χ4n) is 3.44. The van der Waals surface area contributed by atoms with Gasteiger partial charge >= 0.3 is 0 Å². The zero-order valence-corrected chi connectivity index (χ0v) is 14.0. The Kier molecular flexibility index (Phi) is 9.38. The number of hydrogen-bond acceptors (Lipinski definition) is 0. The molecule has 1 heteroatoms. The molecule has 0 spiro atoms. The molecule has 18 heavy (non-hydrogen) atoms. The molecule has 0 N–H and O–H groups in total. The highest BCUT2D eigenvalue weighted by molar-refractivity contribution is 7.57. The molecular weight excluding hydrogens is 235 g/mol. The molecule has 1 aliphatic rings. The van der Waals surface area contributed by atoms with E-state index in [-0.39, 0.29) is 0 Å². The van der Waals surface area contributed by atoms with Crippen LogP contribution in [0.3, 0.4) is 0 Å². The van der Waals surface area contributed by atoms with E-state index in [0.717, 1.165) is 11.8 Å². The van der Waals surface area contributed by atoms with Crippen LogP contribution in [0.15, 0.2) is 0 Å². The molecule has 1 fully saturated rings. The average molecular weight is 270 g/mol. The summed E-state index contributed by atoms with van der Waals surface area (Å²) in [5.74, 6) is 2.08. The van der Waals surface area contributed by atoms with Crippen molar-refractivity contribution < 1.29 is 0 Å². The van der Waals surface area contributed by atoms with Gasteiger partial charge < -0.3 is 0 Å². The fourth-order valence-corrected chi connectivity index (χ4v) is 5.55. The molecule has 2 atom stereocenters. The first kappa shape index (κ1) is 16.5. The van der Waals surface area contributed by atoms with Crippen LogP contribution >= 0.6 is 7.92 Å². The van der Waals surface area contributed by atoms with E-state index in [1.54, 1.807) is 12.3 Å². The van der Waals surface area contributed by atoms with Gasteiger partial charge in [-0.25, -0.2) is 0 Å². The zero-order valence-electron chi connectivity index (χ0n) is 13.1. The molecule has 0 saturated carbocycles. The fraction of sp³-hybridized carbons (Fsp3) is 1.00. The van der Waals surface area contributed by atoms with Crippen molar-refractivity contribution in [3.63, 3.8) is 0 Å². The Labute approximate surface area is 117 Å². The lowest BCUT2D eigenvalue weighted by Gasteiger charge is -2.23. The van der Waals surface area contributed by atoms with Crippen molar-refractivity contribution in [2.45, 2.75) is 78.6 Å². The molecule has 1 saturated heterocycles. The molecule has 0 aliphatic carbocycles. The van der Waals surface area contributed by atoms with Crippen LogP contribution in [0.5, 0.6) is 0 Å². The summed E-state index contributed by atoms with van der Waals surface area (Å²) in [6, 6.07) is 0. The first-order valence-corrected chi connectivity index (χ1v) is 10.4. The van der Waals surface area contributed by atoms with Crippen LogP contribution in [-0.4, -0.2) is 18.5 Å². The Morgan fingerprint density at radius 2 is 1.17 bits per heavy atom. The summed E-state index contributed by atoms with van der Waals surface area (Å²) in [6.07, 6.45) is 18.1. The first-order chi connectivity index (χ1) is 8.80. The Balaban J connectivity index is 2.44. The number of hydrogen-bond donors (Lipinski definition) is 0. The van der Waals surface area contributed by atoms with Gasteiger partial charge in [-0.3, -0.25) is 0 Å². The van der Waals surface area contributed by atoms with Crippen LogP contribution in [0.25, 0.3) is 0 Å². The molecule has 0 aromatic carbocycles. The van der Waals surface area contributed by atoms with Crippen molar-refractivity contribution in [3.8, 4) is 0 Å². The molecule has 0 radical (unpaired) electrons. The monoisotopic (exact) mass is 270 g/mol. The molecule has 0 amide bonds. The Hall–Kier alpha value is 0.430. The van der Waals surface area contributed by atoms with E-state index >= 15 is 0 Å². The van der Waals surface area contributed by atoms with Crippen molar-refractivity contribution >= 4 is 7.92 Å². The second-order valence-electron chi connectivity index (χ2n) is 6.20. The summed E-state index contributed by atoms with van der Waals surface area (Å²) < 4.78 is 0. The van der Waals surface area contributed by atoms with Crippen molar-refractivity contribution in [3.05, 3.63) is 0 Å². The maximum atomic E-state index is 2.42. The minimum atomic E-state index is 0.389. The van der Waals surface area contributed by atoms with Crippen LogP contribution in [-0.2, 0) is 0 Å². The molecular formula is C17H35P. The lowest BCUT2D eigenvalue weighted by molar-refractivity contribution is 0.361. The van der Waals surface area contributed by atoms with Gasteiger partial charge in [0.05, 0.1) is 0 Å². The third-order valence-electron chi connectivity index (χ3n) is 5.00. The lowest BCUT2D eigenvalue weighted by atomic mass is 9.89. The first-order valence-electron chi connectivity index (χ1n) is 8.52. The molecule has 0 bridgehead atoms. The van der Waals surface area contributed by atoms with Crippen LogP contribution in [0, 0.1) is 11.8 Å². The molecule has 1 aliphatic heterocycles. The van der Waals surface area contributed by atoms with Crippen molar-refractivity contribution in [2.75, 3.05) is 18.5 Å². The van der Waals surface area contributed by atoms with Gasteiger partial charge in [0, 0.05) is 0 Å². The van der Waals surface area contributed by atoms with Crippen molar-refractivity contribution in [1.29, 1.82) is 0 Å². The molecule has 2 unspecified atom stereocenters. The van der Waals surface area contributed by atoms with Gasteiger partial charge in [-0.1, -0.05) is 65.7 Å².